The molecule has 0 fully saturated rings. The van der Waals surface area contributed by atoms with E-state index in [4.69, 9.17) is 27.5 Å². The van der Waals surface area contributed by atoms with Crippen molar-refractivity contribution in [3.05, 3.63) is 56.8 Å². The molecule has 2 rings (SSSR count). The Kier molecular flexibility index (Phi) is 4.30. The second kappa shape index (κ2) is 5.81. The lowest BCUT2D eigenvalue weighted by Crippen LogP contribution is -2.12. The first-order chi connectivity index (χ1) is 9.40. The van der Waals surface area contributed by atoms with Gasteiger partial charge in [-0.2, -0.15) is 0 Å². The molecule has 0 atom stereocenters. The van der Waals surface area contributed by atoms with Gasteiger partial charge in [-0.05, 0) is 58.7 Å². The van der Waals surface area contributed by atoms with Crippen LogP contribution in [0.5, 0.6) is 11.5 Å². The van der Waals surface area contributed by atoms with Crippen molar-refractivity contribution in [3.63, 3.8) is 0 Å². The molecule has 2 aromatic rings. The Labute approximate surface area is 129 Å². The van der Waals surface area contributed by atoms with E-state index in [1.807, 2.05) is 6.92 Å². The predicted molar refractivity (Wildman–Crippen MR) is 81.4 cm³/mol. The van der Waals surface area contributed by atoms with Crippen LogP contribution >= 0.6 is 27.5 Å². The summed E-state index contributed by atoms with van der Waals surface area (Å²) in [6.07, 6.45) is 0. The Balaban J connectivity index is 2.37. The van der Waals surface area contributed by atoms with E-state index in [0.29, 0.717) is 10.8 Å². The highest BCUT2D eigenvalue weighted by Crippen LogP contribution is 2.32. The smallest absolute Gasteiger partial charge is 0.180 e. The van der Waals surface area contributed by atoms with Gasteiger partial charge in [0.25, 0.3) is 0 Å². The van der Waals surface area contributed by atoms with Crippen molar-refractivity contribution in [2.45, 2.75) is 6.92 Å². The summed E-state index contributed by atoms with van der Waals surface area (Å²) >= 11 is 9.00. The van der Waals surface area contributed by atoms with Crippen LogP contribution in [0.4, 0.5) is 4.39 Å². The molecule has 20 heavy (non-hydrogen) atoms. The van der Waals surface area contributed by atoms with E-state index in [-0.39, 0.29) is 21.6 Å². The minimum absolute atomic E-state index is 0.0450. The van der Waals surface area contributed by atoms with Gasteiger partial charge in [-0.1, -0.05) is 11.6 Å². The van der Waals surface area contributed by atoms with Crippen LogP contribution in [0.2, 0.25) is 5.02 Å². The number of hydrogen-bond donors (Lipinski definition) is 2. The SMILES string of the molecule is Cc1cc(Oc2ccc(C(=N)N)c(Br)c2F)ccc1Cl. The van der Waals surface area contributed by atoms with Crippen molar-refractivity contribution in [1.82, 2.24) is 0 Å². The van der Waals surface area contributed by atoms with Crippen molar-refractivity contribution in [2.24, 2.45) is 5.73 Å². The molecule has 2 aromatic carbocycles. The van der Waals surface area contributed by atoms with Crippen LogP contribution in [0.15, 0.2) is 34.8 Å². The minimum atomic E-state index is -0.606. The highest BCUT2D eigenvalue weighted by Gasteiger charge is 2.14. The molecule has 104 valence electrons. The van der Waals surface area contributed by atoms with Gasteiger partial charge in [-0.3, -0.25) is 5.41 Å². The molecular weight excluding hydrogens is 347 g/mol. The molecule has 3 N–H and O–H groups in total. The number of hydrogen-bond acceptors (Lipinski definition) is 2. The fourth-order valence-corrected chi connectivity index (χ4v) is 2.28. The van der Waals surface area contributed by atoms with Gasteiger partial charge in [-0.15, -0.1) is 0 Å². The molecule has 0 unspecified atom stereocenters. The number of rotatable bonds is 3. The molecule has 3 nitrogen and oxygen atoms in total. The molecule has 0 saturated heterocycles. The Morgan fingerprint density at radius 2 is 2.05 bits per heavy atom. The molecular formula is C14H11BrClFN2O. The molecule has 0 heterocycles. The zero-order chi connectivity index (χ0) is 14.9. The number of amidine groups is 1. The van der Waals surface area contributed by atoms with Crippen molar-refractivity contribution in [2.75, 3.05) is 0 Å². The van der Waals surface area contributed by atoms with Crippen LogP contribution in [0.1, 0.15) is 11.1 Å². The number of nitrogen functional groups attached to an aromatic ring is 1. The zero-order valence-electron chi connectivity index (χ0n) is 10.5. The number of halogens is 3. The largest absolute Gasteiger partial charge is 0.454 e. The van der Waals surface area contributed by atoms with Gasteiger partial charge in [0.1, 0.15) is 11.6 Å². The Hall–Kier alpha value is -1.59. The summed E-state index contributed by atoms with van der Waals surface area (Å²) in [6, 6.07) is 8.01. The molecule has 6 heteroatoms. The Morgan fingerprint density at radius 3 is 2.65 bits per heavy atom. The third-order valence-corrected chi connectivity index (χ3v) is 3.89. The van der Waals surface area contributed by atoms with E-state index >= 15 is 0 Å². The average Bonchev–Trinajstić information content (AvgIpc) is 2.39. The van der Waals surface area contributed by atoms with Crippen molar-refractivity contribution in [3.8, 4) is 11.5 Å². The summed E-state index contributed by atoms with van der Waals surface area (Å²) in [6.45, 7) is 1.83. The highest BCUT2D eigenvalue weighted by molar-refractivity contribution is 9.10. The zero-order valence-corrected chi connectivity index (χ0v) is 12.8. The lowest BCUT2D eigenvalue weighted by molar-refractivity contribution is 0.440. The van der Waals surface area contributed by atoms with E-state index in [1.165, 1.54) is 12.1 Å². The molecule has 0 spiro atoms. The van der Waals surface area contributed by atoms with E-state index in [2.05, 4.69) is 15.9 Å². The second-order valence-electron chi connectivity index (χ2n) is 4.17. The third-order valence-electron chi connectivity index (χ3n) is 2.69. The van der Waals surface area contributed by atoms with Gasteiger partial charge < -0.3 is 10.5 Å². The first kappa shape index (κ1) is 14.8. The van der Waals surface area contributed by atoms with Crippen LogP contribution in [0.25, 0.3) is 0 Å². The molecule has 0 aromatic heterocycles. The van der Waals surface area contributed by atoms with Crippen LogP contribution in [-0.4, -0.2) is 5.84 Å². The summed E-state index contributed by atoms with van der Waals surface area (Å²) in [5.41, 5.74) is 6.47. The summed E-state index contributed by atoms with van der Waals surface area (Å²) in [5.74, 6) is -0.299. The summed E-state index contributed by atoms with van der Waals surface area (Å²) in [7, 11) is 0. The van der Waals surface area contributed by atoms with E-state index in [9.17, 15) is 4.39 Å². The van der Waals surface area contributed by atoms with Crippen LogP contribution in [0.3, 0.4) is 0 Å². The van der Waals surface area contributed by atoms with Gasteiger partial charge in [0.05, 0.1) is 4.47 Å². The van der Waals surface area contributed by atoms with E-state index in [0.717, 1.165) is 5.56 Å². The highest BCUT2D eigenvalue weighted by atomic mass is 79.9. The topological polar surface area (TPSA) is 59.1 Å². The fourth-order valence-electron chi connectivity index (χ4n) is 1.63. The number of ether oxygens (including phenoxy) is 1. The number of nitrogens with two attached hydrogens (primary N) is 1. The van der Waals surface area contributed by atoms with Crippen LogP contribution in [0, 0.1) is 18.2 Å². The van der Waals surface area contributed by atoms with Crippen molar-refractivity contribution >= 4 is 33.4 Å². The van der Waals surface area contributed by atoms with E-state index in [1.54, 1.807) is 18.2 Å². The lowest BCUT2D eigenvalue weighted by atomic mass is 10.2. The molecule has 0 aliphatic rings. The van der Waals surface area contributed by atoms with Crippen molar-refractivity contribution < 1.29 is 9.13 Å². The fraction of sp³-hybridized carbons (Fsp3) is 0.0714. The third kappa shape index (κ3) is 2.94. The molecule has 0 aliphatic heterocycles. The molecule has 0 bridgehead atoms. The van der Waals surface area contributed by atoms with Crippen LogP contribution < -0.4 is 10.5 Å². The van der Waals surface area contributed by atoms with Gasteiger partial charge in [0, 0.05) is 10.6 Å². The predicted octanol–water partition coefficient (Wildman–Crippen LogP) is 4.63. The number of benzene rings is 2. The maximum absolute atomic E-state index is 14.1. The van der Waals surface area contributed by atoms with Gasteiger partial charge >= 0.3 is 0 Å². The molecule has 0 radical (unpaired) electrons. The monoisotopic (exact) mass is 356 g/mol. The normalized spacial score (nSPS) is 10.4. The van der Waals surface area contributed by atoms with Crippen molar-refractivity contribution in [1.29, 1.82) is 5.41 Å². The standard InChI is InChI=1S/C14H11BrClFN2O/c1-7-6-8(2-4-10(7)16)20-11-5-3-9(14(18)19)12(15)13(11)17/h2-6H,1H3,(H3,18,19). The summed E-state index contributed by atoms with van der Waals surface area (Å²) < 4.78 is 19.7. The maximum atomic E-state index is 14.1. The van der Waals surface area contributed by atoms with Crippen LogP contribution in [-0.2, 0) is 0 Å². The number of aryl methyl sites for hydroxylation is 1. The number of nitrogens with one attached hydrogen (secondary N) is 1. The maximum Gasteiger partial charge on any atom is 0.180 e. The molecule has 0 saturated carbocycles. The quantitative estimate of drug-likeness (QED) is 0.621. The average molecular weight is 358 g/mol. The molecule has 0 amide bonds. The second-order valence-corrected chi connectivity index (χ2v) is 5.37. The summed E-state index contributed by atoms with van der Waals surface area (Å²) in [5, 5.41) is 7.96. The Bertz CT molecular complexity index is 691. The molecule has 0 aliphatic carbocycles. The van der Waals surface area contributed by atoms with Gasteiger partial charge in [0.2, 0.25) is 0 Å². The van der Waals surface area contributed by atoms with Gasteiger partial charge in [-0.25, -0.2) is 4.39 Å². The first-order valence-corrected chi connectivity index (χ1v) is 6.83. The lowest BCUT2D eigenvalue weighted by Gasteiger charge is -2.11. The summed E-state index contributed by atoms with van der Waals surface area (Å²) in [4.78, 5) is 0. The van der Waals surface area contributed by atoms with E-state index < -0.39 is 5.82 Å². The Morgan fingerprint density at radius 1 is 1.35 bits per heavy atom. The minimum Gasteiger partial charge on any atom is -0.454 e. The first-order valence-electron chi connectivity index (χ1n) is 5.66. The van der Waals surface area contributed by atoms with Gasteiger partial charge in [0.15, 0.2) is 11.6 Å².